The molecule has 2 N–H and O–H groups in total. The van der Waals surface area contributed by atoms with Crippen LogP contribution >= 0.6 is 15.9 Å². The first-order valence-corrected chi connectivity index (χ1v) is 7.59. The fraction of sp³-hybridized carbons (Fsp3) is 0.400. The van der Waals surface area contributed by atoms with E-state index in [0.717, 1.165) is 41.1 Å². The highest BCUT2D eigenvalue weighted by Crippen LogP contribution is 2.28. The predicted octanol–water partition coefficient (Wildman–Crippen LogP) is 3.35. The number of benzene rings is 1. The van der Waals surface area contributed by atoms with Gasteiger partial charge >= 0.3 is 0 Å². The number of hydrogen-bond donors (Lipinski definition) is 1. The summed E-state index contributed by atoms with van der Waals surface area (Å²) in [6.07, 6.45) is 1.97. The average Bonchev–Trinajstić information content (AvgIpc) is 2.68. The van der Waals surface area contributed by atoms with E-state index in [4.69, 9.17) is 5.73 Å². The van der Waals surface area contributed by atoms with Crippen LogP contribution in [0, 0.1) is 0 Å². The minimum absolute atomic E-state index is 0.788. The van der Waals surface area contributed by atoms with E-state index in [0.29, 0.717) is 0 Å². The average molecular weight is 337 g/mol. The van der Waals surface area contributed by atoms with E-state index in [2.05, 4.69) is 45.0 Å². The second kappa shape index (κ2) is 6.31. The monoisotopic (exact) mass is 336 g/mol. The van der Waals surface area contributed by atoms with Gasteiger partial charge in [-0.05, 0) is 18.1 Å². The molecule has 0 radical (unpaired) electrons. The fourth-order valence-electron chi connectivity index (χ4n) is 2.42. The molecule has 2 aromatic rings. The maximum Gasteiger partial charge on any atom is 0.150 e. The number of nitrogen functional groups attached to an aromatic ring is 1. The Morgan fingerprint density at radius 3 is 2.70 bits per heavy atom. The van der Waals surface area contributed by atoms with Crippen molar-refractivity contribution >= 4 is 27.4 Å². The summed E-state index contributed by atoms with van der Waals surface area (Å²) in [4.78, 5) is 2.14. The number of nitrogens with zero attached hydrogens (tertiary/aromatic N) is 3. The van der Waals surface area contributed by atoms with Crippen LogP contribution in [0.15, 0.2) is 28.7 Å². The molecular formula is C15H21BrN4. The zero-order chi connectivity index (χ0) is 14.7. The lowest BCUT2D eigenvalue weighted by atomic mass is 10.2. The summed E-state index contributed by atoms with van der Waals surface area (Å²) >= 11 is 3.58. The molecular weight excluding hydrogens is 316 g/mol. The quantitative estimate of drug-likeness (QED) is 0.910. The topological polar surface area (TPSA) is 47.1 Å². The molecule has 0 atom stereocenters. The number of aryl methyl sites for hydroxylation is 2. The SMILES string of the molecule is CCCc1nn(C)c(N(C)Cc2ccccc2Br)c1N. The number of nitrogens with two attached hydrogens (primary N) is 1. The Hall–Kier alpha value is -1.49. The van der Waals surface area contributed by atoms with Gasteiger partial charge in [0.15, 0.2) is 0 Å². The maximum atomic E-state index is 6.25. The van der Waals surface area contributed by atoms with Gasteiger partial charge in [-0.15, -0.1) is 0 Å². The van der Waals surface area contributed by atoms with Crippen molar-refractivity contribution in [2.75, 3.05) is 17.7 Å². The number of hydrogen-bond acceptors (Lipinski definition) is 3. The Kier molecular flexibility index (Phi) is 4.70. The van der Waals surface area contributed by atoms with E-state index in [1.807, 2.05) is 30.9 Å². The third-order valence-corrected chi connectivity index (χ3v) is 4.12. The molecule has 4 nitrogen and oxygen atoms in total. The van der Waals surface area contributed by atoms with E-state index in [1.165, 1.54) is 5.56 Å². The van der Waals surface area contributed by atoms with Crippen molar-refractivity contribution in [3.05, 3.63) is 40.0 Å². The number of aromatic nitrogens is 2. The normalized spacial score (nSPS) is 10.8. The largest absolute Gasteiger partial charge is 0.394 e. The minimum Gasteiger partial charge on any atom is -0.394 e. The summed E-state index contributed by atoms with van der Waals surface area (Å²) in [5.41, 5.74) is 9.26. The smallest absolute Gasteiger partial charge is 0.150 e. The van der Waals surface area contributed by atoms with Gasteiger partial charge in [0.2, 0.25) is 0 Å². The van der Waals surface area contributed by atoms with Gasteiger partial charge < -0.3 is 10.6 Å². The first kappa shape index (κ1) is 14.9. The lowest BCUT2D eigenvalue weighted by Gasteiger charge is -2.20. The van der Waals surface area contributed by atoms with E-state index >= 15 is 0 Å². The van der Waals surface area contributed by atoms with Crippen LogP contribution < -0.4 is 10.6 Å². The van der Waals surface area contributed by atoms with Crippen LogP contribution in [-0.4, -0.2) is 16.8 Å². The van der Waals surface area contributed by atoms with Crippen LogP contribution in [0.2, 0.25) is 0 Å². The molecule has 0 saturated carbocycles. The zero-order valence-electron chi connectivity index (χ0n) is 12.2. The van der Waals surface area contributed by atoms with Gasteiger partial charge in [0.25, 0.3) is 0 Å². The lowest BCUT2D eigenvalue weighted by molar-refractivity contribution is 0.712. The van der Waals surface area contributed by atoms with Crippen molar-refractivity contribution < 1.29 is 0 Å². The van der Waals surface area contributed by atoms with Crippen LogP contribution in [-0.2, 0) is 20.0 Å². The molecule has 20 heavy (non-hydrogen) atoms. The molecule has 108 valence electrons. The first-order valence-electron chi connectivity index (χ1n) is 6.80. The van der Waals surface area contributed by atoms with Crippen LogP contribution in [0.4, 0.5) is 11.5 Å². The molecule has 0 amide bonds. The summed E-state index contributed by atoms with van der Waals surface area (Å²) in [6, 6.07) is 8.23. The molecule has 1 aromatic carbocycles. The Labute approximate surface area is 128 Å². The van der Waals surface area contributed by atoms with Crippen molar-refractivity contribution in [2.45, 2.75) is 26.3 Å². The third-order valence-electron chi connectivity index (χ3n) is 3.34. The molecule has 0 spiro atoms. The summed E-state index contributed by atoms with van der Waals surface area (Å²) < 4.78 is 2.98. The lowest BCUT2D eigenvalue weighted by Crippen LogP contribution is -2.20. The first-order chi connectivity index (χ1) is 9.54. The molecule has 0 unspecified atom stereocenters. The van der Waals surface area contributed by atoms with Gasteiger partial charge in [0.05, 0.1) is 11.4 Å². The van der Waals surface area contributed by atoms with Gasteiger partial charge in [-0.25, -0.2) is 0 Å². The number of anilines is 2. The Bertz CT molecular complexity index is 592. The Morgan fingerprint density at radius 2 is 2.05 bits per heavy atom. The molecule has 0 bridgehead atoms. The van der Waals surface area contributed by atoms with Crippen molar-refractivity contribution in [1.82, 2.24) is 9.78 Å². The molecule has 0 aliphatic rings. The van der Waals surface area contributed by atoms with Gasteiger partial charge in [-0.3, -0.25) is 4.68 Å². The van der Waals surface area contributed by atoms with Gasteiger partial charge in [-0.2, -0.15) is 5.10 Å². The third kappa shape index (κ3) is 2.98. The summed E-state index contributed by atoms with van der Waals surface area (Å²) in [6.45, 7) is 2.93. The molecule has 5 heteroatoms. The van der Waals surface area contributed by atoms with E-state index < -0.39 is 0 Å². The van der Waals surface area contributed by atoms with Crippen LogP contribution in [0.25, 0.3) is 0 Å². The van der Waals surface area contributed by atoms with E-state index in [1.54, 1.807) is 0 Å². The van der Waals surface area contributed by atoms with E-state index in [-0.39, 0.29) is 0 Å². The molecule has 0 saturated heterocycles. The Balaban J connectivity index is 2.25. The number of halogens is 1. The van der Waals surface area contributed by atoms with Crippen molar-refractivity contribution in [3.8, 4) is 0 Å². The predicted molar refractivity (Wildman–Crippen MR) is 87.9 cm³/mol. The van der Waals surface area contributed by atoms with Crippen LogP contribution in [0.3, 0.4) is 0 Å². The summed E-state index contributed by atoms with van der Waals surface area (Å²) in [5.74, 6) is 0.976. The highest BCUT2D eigenvalue weighted by Gasteiger charge is 2.17. The molecule has 0 aliphatic heterocycles. The minimum atomic E-state index is 0.788. The molecule has 0 aliphatic carbocycles. The summed E-state index contributed by atoms with van der Waals surface area (Å²) in [5, 5.41) is 4.52. The van der Waals surface area contributed by atoms with Crippen molar-refractivity contribution in [2.24, 2.45) is 7.05 Å². The van der Waals surface area contributed by atoms with Gasteiger partial charge in [0.1, 0.15) is 5.82 Å². The van der Waals surface area contributed by atoms with Crippen molar-refractivity contribution in [3.63, 3.8) is 0 Å². The summed E-state index contributed by atoms with van der Waals surface area (Å²) in [7, 11) is 3.99. The molecule has 0 fully saturated rings. The second-order valence-corrected chi connectivity index (χ2v) is 5.86. The van der Waals surface area contributed by atoms with Gasteiger partial charge in [0, 0.05) is 25.1 Å². The Morgan fingerprint density at radius 1 is 1.35 bits per heavy atom. The van der Waals surface area contributed by atoms with Crippen LogP contribution in [0.1, 0.15) is 24.6 Å². The zero-order valence-corrected chi connectivity index (χ0v) is 13.8. The molecule has 2 rings (SSSR count). The standard InChI is InChI=1S/C15H21BrN4/c1-4-7-13-14(17)15(20(3)18-13)19(2)10-11-8-5-6-9-12(11)16/h5-6,8-9H,4,7,10,17H2,1-3H3. The fourth-order valence-corrected chi connectivity index (χ4v) is 2.83. The molecule has 1 aromatic heterocycles. The molecule has 1 heterocycles. The number of rotatable bonds is 5. The van der Waals surface area contributed by atoms with E-state index in [9.17, 15) is 0 Å². The van der Waals surface area contributed by atoms with Gasteiger partial charge in [-0.1, -0.05) is 47.5 Å². The van der Waals surface area contributed by atoms with Crippen molar-refractivity contribution in [1.29, 1.82) is 0 Å². The highest BCUT2D eigenvalue weighted by molar-refractivity contribution is 9.10. The highest BCUT2D eigenvalue weighted by atomic mass is 79.9. The van der Waals surface area contributed by atoms with Crippen LogP contribution in [0.5, 0.6) is 0 Å². The second-order valence-electron chi connectivity index (χ2n) is 5.01. The maximum absolute atomic E-state index is 6.25.